The first kappa shape index (κ1) is 17.5. The van der Waals surface area contributed by atoms with Gasteiger partial charge in [0, 0.05) is 38.9 Å². The highest BCUT2D eigenvalue weighted by Crippen LogP contribution is 2.30. The molecular weight excluding hydrogens is 345 g/mol. The van der Waals surface area contributed by atoms with Crippen LogP contribution in [-0.2, 0) is 11.8 Å². The fourth-order valence-electron chi connectivity index (χ4n) is 3.61. The number of piperazine rings is 1. The Morgan fingerprint density at radius 2 is 1.89 bits per heavy atom. The van der Waals surface area contributed by atoms with Gasteiger partial charge in [-0.1, -0.05) is 12.1 Å². The molecule has 2 aromatic carbocycles. The van der Waals surface area contributed by atoms with E-state index in [0.717, 1.165) is 16.7 Å². The minimum absolute atomic E-state index is 0.0332. The third kappa shape index (κ3) is 3.14. The van der Waals surface area contributed by atoms with Gasteiger partial charge in [0.15, 0.2) is 0 Å². The molecule has 1 fully saturated rings. The number of hydrogen-bond donors (Lipinski definition) is 1. The van der Waals surface area contributed by atoms with Crippen LogP contribution < -0.4 is 10.6 Å². The van der Waals surface area contributed by atoms with Gasteiger partial charge in [-0.25, -0.2) is 9.37 Å². The topological polar surface area (TPSA) is 67.4 Å². The molecule has 0 unspecified atom stereocenters. The van der Waals surface area contributed by atoms with Gasteiger partial charge in [0.1, 0.15) is 11.6 Å². The maximum Gasteiger partial charge on any atom is 0.236 e. The van der Waals surface area contributed by atoms with Gasteiger partial charge in [-0.15, -0.1) is 0 Å². The zero-order valence-electron chi connectivity index (χ0n) is 15.2. The second-order valence-corrected chi connectivity index (χ2v) is 6.72. The van der Waals surface area contributed by atoms with Gasteiger partial charge < -0.3 is 20.1 Å². The third-order valence-electron chi connectivity index (χ3n) is 5.15. The molecule has 1 amide bonds. The second-order valence-electron chi connectivity index (χ2n) is 6.72. The lowest BCUT2D eigenvalue weighted by Crippen LogP contribution is -2.50. The van der Waals surface area contributed by atoms with Crippen LogP contribution in [0.3, 0.4) is 0 Å². The van der Waals surface area contributed by atoms with Gasteiger partial charge in [-0.05, 0) is 30.3 Å². The lowest BCUT2D eigenvalue weighted by molar-refractivity contribution is -0.129. The van der Waals surface area contributed by atoms with Crippen LogP contribution in [-0.4, -0.2) is 53.1 Å². The minimum atomic E-state index is -0.297. The predicted octanol–water partition coefficient (Wildman–Crippen LogP) is 1.99. The summed E-state index contributed by atoms with van der Waals surface area (Å²) in [5, 5.41) is 0. The van der Waals surface area contributed by atoms with Crippen molar-refractivity contribution in [1.29, 1.82) is 0 Å². The highest BCUT2D eigenvalue weighted by molar-refractivity contribution is 5.81. The zero-order valence-corrected chi connectivity index (χ0v) is 15.2. The number of imidazole rings is 1. The first-order chi connectivity index (χ1) is 13.1. The number of aromatic nitrogens is 2. The molecule has 1 aliphatic heterocycles. The molecule has 0 atom stereocenters. The highest BCUT2D eigenvalue weighted by Gasteiger charge is 2.22. The van der Waals surface area contributed by atoms with E-state index >= 15 is 0 Å². The van der Waals surface area contributed by atoms with Crippen molar-refractivity contribution in [3.63, 3.8) is 0 Å². The lowest BCUT2D eigenvalue weighted by atomic mass is 10.1. The number of carbonyl (C=O) groups excluding carboxylic acids is 1. The number of rotatable bonds is 3. The summed E-state index contributed by atoms with van der Waals surface area (Å²) in [5.41, 5.74) is 8.65. The van der Waals surface area contributed by atoms with Gasteiger partial charge in [0.05, 0.1) is 23.1 Å². The Morgan fingerprint density at radius 3 is 2.59 bits per heavy atom. The molecule has 27 heavy (non-hydrogen) atoms. The summed E-state index contributed by atoms with van der Waals surface area (Å²) in [6.45, 7) is 2.66. The Morgan fingerprint density at radius 1 is 1.15 bits per heavy atom. The number of amides is 1. The minimum Gasteiger partial charge on any atom is -0.368 e. The number of nitrogens with zero attached hydrogens (tertiary/aromatic N) is 4. The fourth-order valence-corrected chi connectivity index (χ4v) is 3.61. The number of aryl methyl sites for hydroxylation is 1. The maximum atomic E-state index is 14.6. The van der Waals surface area contributed by atoms with E-state index < -0.39 is 0 Å². The van der Waals surface area contributed by atoms with E-state index in [2.05, 4.69) is 9.88 Å². The molecule has 0 aliphatic carbocycles. The van der Waals surface area contributed by atoms with Crippen molar-refractivity contribution < 1.29 is 9.18 Å². The van der Waals surface area contributed by atoms with Crippen LogP contribution in [0.2, 0.25) is 0 Å². The van der Waals surface area contributed by atoms with Crippen molar-refractivity contribution in [3.05, 3.63) is 48.3 Å². The summed E-state index contributed by atoms with van der Waals surface area (Å²) in [6.07, 6.45) is 0. The van der Waals surface area contributed by atoms with Crippen LogP contribution in [0.1, 0.15) is 0 Å². The molecule has 1 aliphatic rings. The molecule has 2 heterocycles. The van der Waals surface area contributed by atoms with Crippen LogP contribution in [0.15, 0.2) is 42.5 Å². The third-order valence-corrected chi connectivity index (χ3v) is 5.15. The second kappa shape index (κ2) is 7.00. The number of hydrogen-bond acceptors (Lipinski definition) is 4. The highest BCUT2D eigenvalue weighted by atomic mass is 19.1. The molecule has 0 saturated carbocycles. The zero-order chi connectivity index (χ0) is 19.0. The van der Waals surface area contributed by atoms with Crippen LogP contribution in [0, 0.1) is 5.82 Å². The van der Waals surface area contributed by atoms with E-state index in [4.69, 9.17) is 5.73 Å². The molecule has 7 heteroatoms. The molecule has 1 aromatic heterocycles. The molecule has 0 radical (unpaired) electrons. The number of anilines is 1. The van der Waals surface area contributed by atoms with Crippen LogP contribution in [0.25, 0.3) is 22.4 Å². The normalized spacial score (nSPS) is 14.8. The summed E-state index contributed by atoms with van der Waals surface area (Å²) in [6, 6.07) is 12.9. The first-order valence-electron chi connectivity index (χ1n) is 9.02. The van der Waals surface area contributed by atoms with Crippen molar-refractivity contribution in [3.8, 4) is 11.4 Å². The number of para-hydroxylation sites is 2. The number of fused-ring (bicyclic) bond motifs is 1. The van der Waals surface area contributed by atoms with Gasteiger partial charge in [-0.2, -0.15) is 0 Å². The van der Waals surface area contributed by atoms with Crippen molar-refractivity contribution in [2.75, 3.05) is 37.6 Å². The van der Waals surface area contributed by atoms with E-state index in [1.165, 1.54) is 6.07 Å². The van der Waals surface area contributed by atoms with Crippen molar-refractivity contribution in [2.45, 2.75) is 0 Å². The average molecular weight is 367 g/mol. The van der Waals surface area contributed by atoms with Crippen molar-refractivity contribution >= 4 is 22.6 Å². The Bertz CT molecular complexity index is 991. The molecule has 0 spiro atoms. The number of halogens is 1. The van der Waals surface area contributed by atoms with E-state index in [1.807, 2.05) is 41.9 Å². The standard InChI is InChI=1S/C20H22FN5O/c1-24-18-5-3-2-4-17(18)23-20(24)15-12-14(6-7-16(15)21)25-8-10-26(11-9-25)19(27)13-22/h2-7,12H,8-11,13,22H2,1H3. The van der Waals surface area contributed by atoms with Crippen molar-refractivity contribution in [1.82, 2.24) is 14.5 Å². The van der Waals surface area contributed by atoms with Gasteiger partial charge >= 0.3 is 0 Å². The number of carbonyl (C=O) groups is 1. The SMILES string of the molecule is Cn1c(-c2cc(N3CCN(C(=O)CN)CC3)ccc2F)nc2ccccc21. The average Bonchev–Trinajstić information content (AvgIpc) is 3.04. The number of benzene rings is 2. The lowest BCUT2D eigenvalue weighted by Gasteiger charge is -2.36. The molecule has 1 saturated heterocycles. The van der Waals surface area contributed by atoms with Crippen LogP contribution in [0.5, 0.6) is 0 Å². The smallest absolute Gasteiger partial charge is 0.236 e. The van der Waals surface area contributed by atoms with Gasteiger partial charge in [0.2, 0.25) is 5.91 Å². The Kier molecular flexibility index (Phi) is 4.53. The molecule has 6 nitrogen and oxygen atoms in total. The largest absolute Gasteiger partial charge is 0.368 e. The van der Waals surface area contributed by atoms with Crippen LogP contribution >= 0.6 is 0 Å². The fraction of sp³-hybridized carbons (Fsp3) is 0.300. The van der Waals surface area contributed by atoms with Crippen LogP contribution in [0.4, 0.5) is 10.1 Å². The number of nitrogens with two attached hydrogens (primary N) is 1. The summed E-state index contributed by atoms with van der Waals surface area (Å²) in [7, 11) is 1.90. The van der Waals surface area contributed by atoms with E-state index in [-0.39, 0.29) is 18.3 Å². The van der Waals surface area contributed by atoms with Gasteiger partial charge in [-0.3, -0.25) is 4.79 Å². The predicted molar refractivity (Wildman–Crippen MR) is 104 cm³/mol. The summed E-state index contributed by atoms with van der Waals surface area (Å²) in [5.74, 6) is 0.274. The van der Waals surface area contributed by atoms with E-state index in [9.17, 15) is 9.18 Å². The Hall–Kier alpha value is -2.93. The molecular formula is C20H22FN5O. The Labute approximate surface area is 157 Å². The molecule has 140 valence electrons. The molecule has 3 aromatic rings. The monoisotopic (exact) mass is 367 g/mol. The first-order valence-corrected chi connectivity index (χ1v) is 9.02. The maximum absolute atomic E-state index is 14.6. The van der Waals surface area contributed by atoms with Crippen molar-refractivity contribution in [2.24, 2.45) is 12.8 Å². The van der Waals surface area contributed by atoms with E-state index in [1.54, 1.807) is 11.0 Å². The summed E-state index contributed by atoms with van der Waals surface area (Å²) < 4.78 is 16.5. The molecule has 0 bridgehead atoms. The molecule has 2 N–H and O–H groups in total. The summed E-state index contributed by atoms with van der Waals surface area (Å²) >= 11 is 0. The Balaban J connectivity index is 1.64. The quantitative estimate of drug-likeness (QED) is 0.769. The summed E-state index contributed by atoms with van der Waals surface area (Å²) in [4.78, 5) is 20.3. The van der Waals surface area contributed by atoms with E-state index in [0.29, 0.717) is 37.6 Å². The molecule has 4 rings (SSSR count). The van der Waals surface area contributed by atoms with Gasteiger partial charge in [0.25, 0.3) is 0 Å².